The van der Waals surface area contributed by atoms with Crippen LogP contribution in [-0.4, -0.2) is 0 Å². The lowest BCUT2D eigenvalue weighted by molar-refractivity contribution is 0.668. The minimum Gasteiger partial charge on any atom is -0.456 e. The molecule has 0 saturated heterocycles. The molecule has 0 amide bonds. The molecule has 26 aromatic carbocycles. The zero-order valence-corrected chi connectivity index (χ0v) is 78.6. The van der Waals surface area contributed by atoms with Gasteiger partial charge >= 0.3 is 0 Å². The fraction of sp³-hybridized carbons (Fsp3) is 0.0145. The van der Waals surface area contributed by atoms with Gasteiger partial charge in [-0.3, -0.25) is 0 Å². The maximum absolute atomic E-state index is 6.58. The summed E-state index contributed by atoms with van der Waals surface area (Å²) >= 11 is 0. The fourth-order valence-corrected chi connectivity index (χ4v) is 22.9. The van der Waals surface area contributed by atoms with Crippen molar-refractivity contribution in [3.63, 3.8) is 0 Å². The summed E-state index contributed by atoms with van der Waals surface area (Å²) < 4.78 is 19.3. The van der Waals surface area contributed by atoms with Gasteiger partial charge in [-0.15, -0.1) is 0 Å². The number of nitrogens with zero attached hydrogens (tertiary/aromatic N) is 3. The number of allylic oxidation sites excluding steroid dienone is 1. The molecule has 0 atom stereocenters. The van der Waals surface area contributed by atoms with E-state index in [1.165, 1.54) is 152 Å². The van der Waals surface area contributed by atoms with Crippen LogP contribution in [0, 0.1) is 0 Å². The van der Waals surface area contributed by atoms with Gasteiger partial charge in [0.15, 0.2) is 0 Å². The summed E-state index contributed by atoms with van der Waals surface area (Å²) in [4.78, 5) is 7.28. The largest absolute Gasteiger partial charge is 0.456 e. The SMILES string of the molecule is C1=Cc2cc3c(cc2CC1)oc1ccc(N(c2ccc4ccc5c6ccccc6ccc5c4c2)c2ccccc2-c2ccccc2)cc13.c1ccc(-c2ccccc2N(c2ccc3ccc4c5ccccc5ccc4c3c2)c2cccc3cc4oc5ccccc5c4cc23)cc1.c1ccc(-c2ccccc2N(c2ccc3ccc4c5ccccc5ccc4c3c2)c2cccc3oc4cc5ccccc5cc4c23)cc1. The van der Waals surface area contributed by atoms with Gasteiger partial charge in [0.05, 0.1) is 33.8 Å². The Bertz CT molecular complexity index is 10300. The van der Waals surface area contributed by atoms with Crippen LogP contribution in [0.25, 0.3) is 224 Å². The van der Waals surface area contributed by atoms with Crippen LogP contribution in [0.3, 0.4) is 0 Å². The first-order chi connectivity index (χ1) is 71.4. The Morgan fingerprint density at radius 3 is 1.03 bits per heavy atom. The molecule has 6 nitrogen and oxygen atoms in total. The molecule has 0 radical (unpaired) electrons. The van der Waals surface area contributed by atoms with Crippen molar-refractivity contribution in [3.05, 3.63) is 521 Å². The lowest BCUT2D eigenvalue weighted by Crippen LogP contribution is -2.11. The first kappa shape index (κ1) is 83.3. The van der Waals surface area contributed by atoms with E-state index in [1.54, 1.807) is 0 Å². The Kier molecular flexibility index (Phi) is 20.0. The number of para-hydroxylation sites is 4. The molecule has 144 heavy (non-hydrogen) atoms. The van der Waals surface area contributed by atoms with Crippen molar-refractivity contribution >= 4 is 242 Å². The van der Waals surface area contributed by atoms with E-state index < -0.39 is 0 Å². The molecule has 6 heteroatoms. The molecule has 3 aromatic heterocycles. The van der Waals surface area contributed by atoms with E-state index in [4.69, 9.17) is 13.3 Å². The number of anilines is 9. The van der Waals surface area contributed by atoms with Crippen molar-refractivity contribution in [1.29, 1.82) is 0 Å². The molecule has 0 spiro atoms. The molecule has 3 heterocycles. The maximum Gasteiger partial charge on any atom is 0.137 e. The Morgan fingerprint density at radius 1 is 0.167 bits per heavy atom. The van der Waals surface area contributed by atoms with Crippen molar-refractivity contribution in [1.82, 2.24) is 0 Å². The van der Waals surface area contributed by atoms with Gasteiger partial charge in [0.2, 0.25) is 0 Å². The lowest BCUT2D eigenvalue weighted by Gasteiger charge is -2.29. The second kappa shape index (κ2) is 34.6. The second-order valence-corrected chi connectivity index (χ2v) is 37.9. The number of fused-ring (bicyclic) bond motifs is 27. The van der Waals surface area contributed by atoms with Gasteiger partial charge in [-0.2, -0.15) is 0 Å². The average Bonchev–Trinajstić information content (AvgIpc) is 1.33. The van der Waals surface area contributed by atoms with Crippen LogP contribution < -0.4 is 14.7 Å². The number of hydrogen-bond donors (Lipinski definition) is 0. The van der Waals surface area contributed by atoms with Gasteiger partial charge in [-0.25, -0.2) is 0 Å². The highest BCUT2D eigenvalue weighted by atomic mass is 16.3. The Labute approximate surface area is 830 Å². The molecular weight excluding hydrogens is 1750 g/mol. The van der Waals surface area contributed by atoms with E-state index in [0.717, 1.165) is 141 Å². The van der Waals surface area contributed by atoms with Crippen molar-refractivity contribution < 1.29 is 13.3 Å². The summed E-state index contributed by atoms with van der Waals surface area (Å²) in [6.07, 6.45) is 6.67. The monoisotopic (exact) mass is 1840 g/mol. The first-order valence-electron chi connectivity index (χ1n) is 49.6. The predicted octanol–water partition coefficient (Wildman–Crippen LogP) is 39.8. The van der Waals surface area contributed by atoms with Crippen molar-refractivity contribution in [2.45, 2.75) is 12.8 Å². The topological polar surface area (TPSA) is 49.1 Å². The minimum atomic E-state index is 0.873. The molecule has 0 fully saturated rings. The highest BCUT2D eigenvalue weighted by Crippen LogP contribution is 2.53. The van der Waals surface area contributed by atoms with E-state index in [-0.39, 0.29) is 0 Å². The number of furan rings is 3. The summed E-state index contributed by atoms with van der Waals surface area (Å²) in [5.41, 5.74) is 25.1. The Balaban J connectivity index is 0.000000105. The zero-order chi connectivity index (χ0) is 94.8. The third-order valence-corrected chi connectivity index (χ3v) is 29.7. The van der Waals surface area contributed by atoms with Crippen LogP contribution in [0.15, 0.2) is 523 Å². The van der Waals surface area contributed by atoms with Gasteiger partial charge in [-0.1, -0.05) is 382 Å². The molecule has 1 aliphatic carbocycles. The lowest BCUT2D eigenvalue weighted by atomic mass is 9.95. The number of hydrogen-bond acceptors (Lipinski definition) is 6. The van der Waals surface area contributed by atoms with Gasteiger partial charge in [0.1, 0.15) is 33.5 Å². The molecule has 0 bridgehead atoms. The van der Waals surface area contributed by atoms with E-state index >= 15 is 0 Å². The van der Waals surface area contributed by atoms with Crippen LogP contribution >= 0.6 is 0 Å². The summed E-state index contributed by atoms with van der Waals surface area (Å²) in [6, 6.07) is 182. The summed E-state index contributed by atoms with van der Waals surface area (Å²) in [5.74, 6) is 0. The molecule has 0 aliphatic heterocycles. The van der Waals surface area contributed by atoms with Crippen LogP contribution in [0.5, 0.6) is 0 Å². The molecular formula is C138H89N3O3. The molecule has 30 rings (SSSR count). The van der Waals surface area contributed by atoms with Gasteiger partial charge in [-0.05, 0) is 287 Å². The van der Waals surface area contributed by atoms with Crippen LogP contribution in [-0.2, 0) is 6.42 Å². The van der Waals surface area contributed by atoms with Crippen LogP contribution in [0.1, 0.15) is 17.5 Å². The maximum atomic E-state index is 6.58. The van der Waals surface area contributed by atoms with Crippen molar-refractivity contribution in [2.75, 3.05) is 14.7 Å². The molecule has 0 N–H and O–H groups in total. The summed E-state index contributed by atoms with van der Waals surface area (Å²) in [7, 11) is 0. The normalized spacial score (nSPS) is 12.1. The average molecular weight is 1840 g/mol. The molecule has 674 valence electrons. The van der Waals surface area contributed by atoms with E-state index in [2.05, 4.69) is 518 Å². The Hall–Kier alpha value is -18.9. The van der Waals surface area contributed by atoms with E-state index in [1.807, 2.05) is 12.1 Å². The highest BCUT2D eigenvalue weighted by Gasteiger charge is 2.28. The van der Waals surface area contributed by atoms with Crippen molar-refractivity contribution in [3.8, 4) is 33.4 Å². The molecule has 0 saturated carbocycles. The summed E-state index contributed by atoms with van der Waals surface area (Å²) in [6.45, 7) is 0. The molecule has 0 unspecified atom stereocenters. The number of rotatable bonds is 12. The third-order valence-electron chi connectivity index (χ3n) is 29.7. The highest BCUT2D eigenvalue weighted by molar-refractivity contribution is 6.24. The Morgan fingerprint density at radius 2 is 0.500 bits per heavy atom. The second-order valence-electron chi connectivity index (χ2n) is 37.9. The number of aryl methyl sites for hydroxylation is 1. The molecule has 29 aromatic rings. The van der Waals surface area contributed by atoms with E-state index in [9.17, 15) is 0 Å². The minimum absolute atomic E-state index is 0.873. The quantitative estimate of drug-likeness (QED) is 0.114. The summed E-state index contributed by atoms with van der Waals surface area (Å²) in [5, 5.41) is 34.0. The predicted molar refractivity (Wildman–Crippen MR) is 611 cm³/mol. The standard InChI is InChI=1S/2C46H29NO.C46H31NO/c1-2-11-30(12-3-1)36-16-6-8-18-43(36)47(44-19-10-14-33-27-46-42(29-41(33)44)39-17-7-9-20-45(39)48-46)34-24-21-32-23-25-37-35-15-5-4-13-31(35)22-26-38(37)40(32)28-34;1-2-11-30(12-3-1)37-17-8-9-18-42(37)47(43-19-10-20-44-46(43)41-27-33-14-4-5-15-34(33)28-45(41)48-44)35-24-21-32-23-25-38-36-16-7-6-13-31(36)22-26-39(38)40(32)29-35;1-2-10-30(11-3-1)38-16-8-9-17-44(38)47(36-22-25-45-43(29-36)42-26-33-13-4-5-14-34(33)27-46(42)48-45)35-21-18-32-20-23-39-37-15-7-6-12-31(37)19-24-40(39)41(32)28-35/h2*1-29H;1-4,6-13,15-29H,5,14H2. The zero-order valence-electron chi connectivity index (χ0n) is 78.6. The molecule has 1 aliphatic rings. The van der Waals surface area contributed by atoms with E-state index in [0.29, 0.717) is 0 Å². The smallest absolute Gasteiger partial charge is 0.137 e. The van der Waals surface area contributed by atoms with Gasteiger partial charge < -0.3 is 28.0 Å². The van der Waals surface area contributed by atoms with Crippen LogP contribution in [0.4, 0.5) is 51.2 Å². The van der Waals surface area contributed by atoms with Crippen molar-refractivity contribution in [2.24, 2.45) is 0 Å². The number of benzene rings is 26. The van der Waals surface area contributed by atoms with Gasteiger partial charge in [0, 0.05) is 71.8 Å². The fourth-order valence-electron chi connectivity index (χ4n) is 22.9. The van der Waals surface area contributed by atoms with Crippen LogP contribution in [0.2, 0.25) is 0 Å². The first-order valence-corrected chi connectivity index (χ1v) is 49.6. The third kappa shape index (κ3) is 14.3. The van der Waals surface area contributed by atoms with Gasteiger partial charge in [0.25, 0.3) is 0 Å².